The van der Waals surface area contributed by atoms with Crippen molar-refractivity contribution >= 4 is 17.2 Å². The molecular formula is C66H70N6. The van der Waals surface area contributed by atoms with Gasteiger partial charge in [-0.25, -0.2) is 9.98 Å². The summed E-state index contributed by atoms with van der Waals surface area (Å²) in [6.45, 7) is 0.700. The molecule has 5 N–H and O–H groups in total. The van der Waals surface area contributed by atoms with E-state index in [4.69, 9.17) is 15.7 Å². The van der Waals surface area contributed by atoms with E-state index >= 15 is 0 Å². The van der Waals surface area contributed by atoms with E-state index < -0.39 is 0 Å². The van der Waals surface area contributed by atoms with Gasteiger partial charge in [-0.1, -0.05) is 200 Å². The van der Waals surface area contributed by atoms with Crippen LogP contribution in [0.2, 0.25) is 0 Å². The van der Waals surface area contributed by atoms with Crippen LogP contribution in [-0.4, -0.2) is 24.0 Å². The maximum atomic E-state index is 7.16. The molecule has 0 bridgehead atoms. The van der Waals surface area contributed by atoms with E-state index in [1.807, 2.05) is 0 Å². The van der Waals surface area contributed by atoms with E-state index in [1.165, 1.54) is 81.4 Å². The Labute approximate surface area is 428 Å². The van der Waals surface area contributed by atoms with Crippen molar-refractivity contribution in [3.8, 4) is 11.1 Å². The summed E-state index contributed by atoms with van der Waals surface area (Å²) in [7, 11) is 0. The van der Waals surface area contributed by atoms with E-state index in [0.717, 1.165) is 62.8 Å². The topological polar surface area (TPSA) is 86.8 Å². The van der Waals surface area contributed by atoms with Gasteiger partial charge in [0.1, 0.15) is 24.0 Å². The summed E-state index contributed by atoms with van der Waals surface area (Å²) in [5.41, 5.74) is 22.4. The fourth-order valence-electron chi connectivity index (χ4n) is 12.1. The third-order valence-corrected chi connectivity index (χ3v) is 16.0. The largest absolute Gasteiger partial charge is 0.383 e. The van der Waals surface area contributed by atoms with Gasteiger partial charge in [0.05, 0.1) is 6.17 Å². The lowest BCUT2D eigenvalue weighted by molar-refractivity contribution is 0.198. The van der Waals surface area contributed by atoms with Crippen LogP contribution in [-0.2, 0) is 6.54 Å². The molecule has 6 heteroatoms. The average Bonchev–Trinajstić information content (AvgIpc) is 3.47. The average molecular weight is 947 g/mol. The molecule has 72 heavy (non-hydrogen) atoms. The number of nitrogens with one attached hydrogen (secondary N) is 3. The number of rotatable bonds is 14. The van der Waals surface area contributed by atoms with Crippen molar-refractivity contribution in [1.29, 1.82) is 0 Å². The predicted octanol–water partition coefficient (Wildman–Crippen LogP) is 14.3. The molecule has 0 spiro atoms. The summed E-state index contributed by atoms with van der Waals surface area (Å²) >= 11 is 0. The normalized spacial score (nSPS) is 25.9. The summed E-state index contributed by atoms with van der Waals surface area (Å²) in [5, 5.41) is 11.7. The Kier molecular flexibility index (Phi) is 15.0. The lowest BCUT2D eigenvalue weighted by Gasteiger charge is -2.41. The zero-order valence-electron chi connectivity index (χ0n) is 41.7. The number of nitrogens with two attached hydrogens (primary N) is 1. The lowest BCUT2D eigenvalue weighted by Crippen LogP contribution is -2.55. The molecule has 364 valence electrons. The van der Waals surface area contributed by atoms with Crippen LogP contribution < -0.4 is 21.7 Å². The third kappa shape index (κ3) is 11.3. The Morgan fingerprint density at radius 3 is 2.31 bits per heavy atom. The molecule has 1 fully saturated rings. The van der Waals surface area contributed by atoms with Crippen LogP contribution in [0.15, 0.2) is 238 Å². The Hall–Kier alpha value is -6.86. The van der Waals surface area contributed by atoms with Gasteiger partial charge >= 0.3 is 0 Å². The second kappa shape index (κ2) is 22.7. The Balaban J connectivity index is 0.785. The summed E-state index contributed by atoms with van der Waals surface area (Å²) in [6.07, 6.45) is 43.6. The molecule has 1 heterocycles. The van der Waals surface area contributed by atoms with E-state index in [1.54, 1.807) is 5.57 Å². The Morgan fingerprint density at radius 1 is 0.722 bits per heavy atom. The molecule has 6 nitrogen and oxygen atoms in total. The molecule has 0 radical (unpaired) electrons. The van der Waals surface area contributed by atoms with Gasteiger partial charge in [-0.3, -0.25) is 10.6 Å². The molecule has 7 atom stereocenters. The van der Waals surface area contributed by atoms with E-state index in [9.17, 15) is 0 Å². The van der Waals surface area contributed by atoms with E-state index in [-0.39, 0.29) is 18.5 Å². The molecule has 7 aliphatic rings. The number of amidine groups is 2. The van der Waals surface area contributed by atoms with Gasteiger partial charge in [-0.2, -0.15) is 0 Å². The smallest absolute Gasteiger partial charge is 0.131 e. The van der Waals surface area contributed by atoms with Crippen molar-refractivity contribution < 1.29 is 0 Å². The van der Waals surface area contributed by atoms with Gasteiger partial charge in [0, 0.05) is 17.7 Å². The number of aliphatic imine (C=N–C) groups is 2. The Morgan fingerprint density at radius 2 is 1.47 bits per heavy atom. The van der Waals surface area contributed by atoms with Crippen LogP contribution in [0.25, 0.3) is 16.7 Å². The standard InChI is InChI=1S/C66H70N6/c67-62(61-39-14-13-38-60(61)57-35-17-28-50(42-57)47-22-7-2-8-23-47)69-63(68-45-46-20-5-1-6-21-46)58-36-18-33-55(43-58)53-31-15-29-51(40-53)52-30-16-32-54(41-52)56-34-19-37-59(44-56)66-71-64(48-24-9-3-10-25-48)70-65(72-66)49-26-11-4-12-27-49/h1-3,5-11,14-17,20-33,35,39,42-43,51-52,56,59,63-64,66,68,71H,4,12-13,18-19,34,36-38,40-41,44-45H2,(H2,67,69)(H,70,72). The van der Waals surface area contributed by atoms with Crippen LogP contribution in [0.1, 0.15) is 99.9 Å². The number of hydrogen-bond donors (Lipinski definition) is 4. The molecule has 1 aliphatic heterocycles. The second-order valence-electron chi connectivity index (χ2n) is 20.8. The van der Waals surface area contributed by atoms with Gasteiger partial charge in [-0.15, -0.1) is 0 Å². The molecule has 0 aromatic heterocycles. The maximum absolute atomic E-state index is 7.16. The molecule has 6 aliphatic carbocycles. The van der Waals surface area contributed by atoms with Gasteiger partial charge < -0.3 is 11.1 Å². The highest BCUT2D eigenvalue weighted by Gasteiger charge is 2.36. The SMILES string of the molecule is NC(=NC(NCc1ccccc1)C1=CC(C2=CC=CC(C3C=CC=C(C4CCCC(C5NC(C6=CCCC=C6)=NC(c6ccccc6)N5)C4)C3)C2)=CCC1)C1=C(c2cccc(-c3ccccc3)c2)CCC=C1. The summed E-state index contributed by atoms with van der Waals surface area (Å²) in [4.78, 5) is 10.6. The highest BCUT2D eigenvalue weighted by molar-refractivity contribution is 6.07. The molecule has 1 saturated carbocycles. The van der Waals surface area contributed by atoms with Crippen LogP contribution in [0.4, 0.5) is 0 Å². The summed E-state index contributed by atoms with van der Waals surface area (Å²) in [6, 6.07) is 40.9. The van der Waals surface area contributed by atoms with Gasteiger partial charge in [-0.05, 0) is 150 Å². The molecule has 0 saturated heterocycles. The first kappa shape index (κ1) is 47.5. The molecular weight excluding hydrogens is 877 g/mol. The highest BCUT2D eigenvalue weighted by Crippen LogP contribution is 2.43. The minimum atomic E-state index is -0.263. The van der Waals surface area contributed by atoms with E-state index in [0.29, 0.717) is 36.1 Å². The quantitative estimate of drug-likeness (QED) is 0.0749. The van der Waals surface area contributed by atoms with Crippen LogP contribution in [0.3, 0.4) is 0 Å². The number of allylic oxidation sites excluding steroid dienone is 15. The third-order valence-electron chi connectivity index (χ3n) is 16.0. The van der Waals surface area contributed by atoms with E-state index in [2.05, 4.69) is 210 Å². The van der Waals surface area contributed by atoms with Crippen molar-refractivity contribution in [1.82, 2.24) is 16.0 Å². The molecule has 0 amide bonds. The first-order valence-corrected chi connectivity index (χ1v) is 26.9. The first-order chi connectivity index (χ1) is 35.6. The number of hydrogen-bond acceptors (Lipinski definition) is 5. The van der Waals surface area contributed by atoms with Crippen LogP contribution in [0.5, 0.6) is 0 Å². The molecule has 11 rings (SSSR count). The number of benzene rings is 4. The van der Waals surface area contributed by atoms with Gasteiger partial charge in [0.25, 0.3) is 0 Å². The maximum Gasteiger partial charge on any atom is 0.131 e. The second-order valence-corrected chi connectivity index (χ2v) is 20.8. The highest BCUT2D eigenvalue weighted by atomic mass is 15.3. The van der Waals surface area contributed by atoms with Gasteiger partial charge in [0.2, 0.25) is 0 Å². The minimum Gasteiger partial charge on any atom is -0.383 e. The summed E-state index contributed by atoms with van der Waals surface area (Å²) < 4.78 is 0. The van der Waals surface area contributed by atoms with Crippen molar-refractivity contribution in [2.75, 3.05) is 0 Å². The zero-order chi connectivity index (χ0) is 48.5. The lowest BCUT2D eigenvalue weighted by atomic mass is 9.70. The van der Waals surface area contributed by atoms with Crippen LogP contribution in [0, 0.1) is 23.7 Å². The molecule has 7 unspecified atom stereocenters. The fraction of sp³-hybridized carbons (Fsp3) is 0.303. The number of nitrogens with zero attached hydrogens (tertiary/aromatic N) is 2. The molecule has 4 aromatic carbocycles. The monoisotopic (exact) mass is 947 g/mol. The summed E-state index contributed by atoms with van der Waals surface area (Å²) in [5.74, 6) is 3.64. The predicted molar refractivity (Wildman–Crippen MR) is 301 cm³/mol. The van der Waals surface area contributed by atoms with Crippen molar-refractivity contribution in [3.05, 3.63) is 244 Å². The Bertz CT molecular complexity index is 2960. The molecule has 4 aromatic rings. The van der Waals surface area contributed by atoms with Crippen LogP contribution >= 0.6 is 0 Å². The minimum absolute atomic E-state index is 0.0579. The van der Waals surface area contributed by atoms with Crippen molar-refractivity contribution in [2.45, 2.75) is 102 Å². The fourth-order valence-corrected chi connectivity index (χ4v) is 12.1. The first-order valence-electron chi connectivity index (χ1n) is 26.9. The van der Waals surface area contributed by atoms with Crippen molar-refractivity contribution in [2.24, 2.45) is 39.4 Å². The van der Waals surface area contributed by atoms with Gasteiger partial charge in [0.15, 0.2) is 0 Å². The van der Waals surface area contributed by atoms with Crippen molar-refractivity contribution in [3.63, 3.8) is 0 Å². The zero-order valence-corrected chi connectivity index (χ0v) is 41.7.